The van der Waals surface area contributed by atoms with Gasteiger partial charge in [0.2, 0.25) is 0 Å². The molecule has 5 heteroatoms. The first kappa shape index (κ1) is 13.4. The van der Waals surface area contributed by atoms with Gasteiger partial charge in [0.1, 0.15) is 0 Å². The third-order valence-electron chi connectivity index (χ3n) is 1.56. The summed E-state index contributed by atoms with van der Waals surface area (Å²) in [6.45, 7) is 1.47. The highest BCUT2D eigenvalue weighted by atomic mass is 35.5. The summed E-state index contributed by atoms with van der Waals surface area (Å²) in [6, 6.07) is 2.79. The van der Waals surface area contributed by atoms with Crippen LogP contribution in [0, 0.1) is 17.7 Å². The molecule has 0 spiro atoms. The van der Waals surface area contributed by atoms with Crippen LogP contribution in [0.5, 0.6) is 0 Å². The first-order valence-electron chi connectivity index (χ1n) is 4.27. The van der Waals surface area contributed by atoms with E-state index in [9.17, 15) is 9.18 Å². The largest absolute Gasteiger partial charge is 0.288 e. The van der Waals surface area contributed by atoms with E-state index in [1.54, 1.807) is 0 Å². The number of hydrogen-bond donors (Lipinski definition) is 0. The maximum absolute atomic E-state index is 13.0. The predicted octanol–water partition coefficient (Wildman–Crippen LogP) is 3.76. The SMILES string of the molecule is CC(=O)SCC#Cc1cc(Cl)c(F)c(Cl)c1. The van der Waals surface area contributed by atoms with E-state index >= 15 is 0 Å². The fraction of sp³-hybridized carbons (Fsp3) is 0.182. The van der Waals surface area contributed by atoms with Gasteiger partial charge in [-0.2, -0.15) is 0 Å². The summed E-state index contributed by atoms with van der Waals surface area (Å²) >= 11 is 12.3. The monoisotopic (exact) mass is 276 g/mol. The van der Waals surface area contributed by atoms with Crippen molar-refractivity contribution >= 4 is 40.1 Å². The van der Waals surface area contributed by atoms with Gasteiger partial charge >= 0.3 is 0 Å². The predicted molar refractivity (Wildman–Crippen MR) is 66.4 cm³/mol. The number of carbonyl (C=O) groups is 1. The van der Waals surface area contributed by atoms with E-state index < -0.39 is 5.82 Å². The second-order valence-electron chi connectivity index (χ2n) is 2.84. The molecule has 0 unspecified atom stereocenters. The molecule has 0 aliphatic carbocycles. The van der Waals surface area contributed by atoms with Gasteiger partial charge in [0.05, 0.1) is 15.8 Å². The molecule has 0 aromatic heterocycles. The summed E-state index contributed by atoms with van der Waals surface area (Å²) in [5, 5.41) is -0.114. The Labute approximate surface area is 107 Å². The molecule has 0 N–H and O–H groups in total. The van der Waals surface area contributed by atoms with Gasteiger partial charge < -0.3 is 0 Å². The Morgan fingerprint density at radius 2 is 2.00 bits per heavy atom. The molecule has 0 bridgehead atoms. The summed E-state index contributed by atoms with van der Waals surface area (Å²) < 4.78 is 13.0. The number of carbonyl (C=O) groups excluding carboxylic acids is 1. The molecule has 0 saturated carbocycles. The lowest BCUT2D eigenvalue weighted by Crippen LogP contribution is -1.84. The van der Waals surface area contributed by atoms with E-state index in [-0.39, 0.29) is 15.2 Å². The van der Waals surface area contributed by atoms with Gasteiger partial charge in [-0.25, -0.2) is 4.39 Å². The molecule has 0 amide bonds. The Bertz CT molecular complexity index is 454. The highest BCUT2D eigenvalue weighted by Gasteiger charge is 2.05. The van der Waals surface area contributed by atoms with Crippen LogP contribution in [0.4, 0.5) is 4.39 Å². The molecular formula is C11H7Cl2FOS. The van der Waals surface area contributed by atoms with Crippen molar-refractivity contribution in [3.05, 3.63) is 33.6 Å². The van der Waals surface area contributed by atoms with Crippen molar-refractivity contribution in [2.75, 3.05) is 5.75 Å². The summed E-state index contributed by atoms with van der Waals surface area (Å²) in [4.78, 5) is 10.6. The summed E-state index contributed by atoms with van der Waals surface area (Å²) in [6.07, 6.45) is 0. The molecule has 0 atom stereocenters. The second kappa shape index (κ2) is 6.15. The third kappa shape index (κ3) is 4.05. The lowest BCUT2D eigenvalue weighted by atomic mass is 10.2. The van der Waals surface area contributed by atoms with Crippen LogP contribution in [0.15, 0.2) is 12.1 Å². The summed E-state index contributed by atoms with van der Waals surface area (Å²) in [7, 11) is 0. The van der Waals surface area contributed by atoms with E-state index in [1.807, 2.05) is 0 Å². The standard InChI is InChI=1S/C11H7Cl2FOS/c1-7(15)16-4-2-3-8-5-9(12)11(14)10(13)6-8/h5-6H,4H2,1H3. The third-order valence-corrected chi connectivity index (χ3v) is 2.81. The quantitative estimate of drug-likeness (QED) is 0.574. The zero-order valence-corrected chi connectivity index (χ0v) is 10.6. The van der Waals surface area contributed by atoms with Crippen molar-refractivity contribution in [2.24, 2.45) is 0 Å². The van der Waals surface area contributed by atoms with Crippen molar-refractivity contribution in [1.29, 1.82) is 0 Å². The zero-order chi connectivity index (χ0) is 12.1. The van der Waals surface area contributed by atoms with Gasteiger partial charge in [0, 0.05) is 12.5 Å². The van der Waals surface area contributed by atoms with E-state index in [0.717, 1.165) is 11.8 Å². The van der Waals surface area contributed by atoms with Crippen LogP contribution in [0.3, 0.4) is 0 Å². The number of thioether (sulfide) groups is 1. The van der Waals surface area contributed by atoms with Crippen molar-refractivity contribution in [3.63, 3.8) is 0 Å². The van der Waals surface area contributed by atoms with Gasteiger partial charge in [0.15, 0.2) is 10.9 Å². The Morgan fingerprint density at radius 3 is 2.50 bits per heavy atom. The van der Waals surface area contributed by atoms with Crippen LogP contribution in [-0.4, -0.2) is 10.9 Å². The number of halogens is 3. The molecule has 1 rings (SSSR count). The maximum Gasteiger partial charge on any atom is 0.186 e. The van der Waals surface area contributed by atoms with Crippen LogP contribution in [0.25, 0.3) is 0 Å². The Balaban J connectivity index is 2.78. The van der Waals surface area contributed by atoms with Crippen molar-refractivity contribution in [3.8, 4) is 11.8 Å². The number of rotatable bonds is 1. The molecule has 0 radical (unpaired) electrons. The van der Waals surface area contributed by atoms with Gasteiger partial charge in [0.25, 0.3) is 0 Å². The molecule has 1 aromatic rings. The van der Waals surface area contributed by atoms with Crippen molar-refractivity contribution in [2.45, 2.75) is 6.92 Å². The number of hydrogen-bond acceptors (Lipinski definition) is 2. The van der Waals surface area contributed by atoms with Crippen LogP contribution in [-0.2, 0) is 4.79 Å². The zero-order valence-electron chi connectivity index (χ0n) is 8.31. The minimum absolute atomic E-state index is 0.00414. The summed E-state index contributed by atoms with van der Waals surface area (Å²) in [5.41, 5.74) is 0.528. The first-order chi connectivity index (χ1) is 7.50. The fourth-order valence-corrected chi connectivity index (χ4v) is 1.74. The topological polar surface area (TPSA) is 17.1 Å². The van der Waals surface area contributed by atoms with Crippen LogP contribution < -0.4 is 0 Å². The Morgan fingerprint density at radius 1 is 1.44 bits per heavy atom. The fourth-order valence-electron chi connectivity index (χ4n) is 0.904. The molecular weight excluding hydrogens is 270 g/mol. The molecule has 0 aliphatic heterocycles. The molecule has 0 aliphatic rings. The lowest BCUT2D eigenvalue weighted by molar-refractivity contribution is -0.109. The summed E-state index contributed by atoms with van der Waals surface area (Å²) in [5.74, 6) is 5.25. The van der Waals surface area contributed by atoms with E-state index in [2.05, 4.69) is 11.8 Å². The van der Waals surface area contributed by atoms with Gasteiger partial charge in [-0.15, -0.1) is 0 Å². The molecule has 0 heterocycles. The van der Waals surface area contributed by atoms with E-state index in [1.165, 1.54) is 19.1 Å². The molecule has 1 nitrogen and oxygen atoms in total. The first-order valence-corrected chi connectivity index (χ1v) is 6.01. The van der Waals surface area contributed by atoms with Crippen LogP contribution >= 0.6 is 35.0 Å². The van der Waals surface area contributed by atoms with Gasteiger partial charge in [-0.1, -0.05) is 46.8 Å². The van der Waals surface area contributed by atoms with E-state index in [4.69, 9.17) is 23.2 Å². The molecule has 0 saturated heterocycles. The van der Waals surface area contributed by atoms with Crippen molar-refractivity contribution in [1.82, 2.24) is 0 Å². The Kier molecular flexibility index (Phi) is 5.14. The maximum atomic E-state index is 13.0. The smallest absolute Gasteiger partial charge is 0.186 e. The van der Waals surface area contributed by atoms with Gasteiger partial charge in [-0.05, 0) is 12.1 Å². The normalized spacial score (nSPS) is 9.50. The average Bonchev–Trinajstić information content (AvgIpc) is 2.20. The van der Waals surface area contributed by atoms with Crippen LogP contribution in [0.2, 0.25) is 10.0 Å². The minimum atomic E-state index is -0.646. The molecule has 1 aromatic carbocycles. The highest BCUT2D eigenvalue weighted by molar-refractivity contribution is 8.13. The minimum Gasteiger partial charge on any atom is -0.288 e. The average molecular weight is 277 g/mol. The van der Waals surface area contributed by atoms with Crippen molar-refractivity contribution < 1.29 is 9.18 Å². The number of benzene rings is 1. The molecule has 16 heavy (non-hydrogen) atoms. The molecule has 84 valence electrons. The molecule has 0 fully saturated rings. The second-order valence-corrected chi connectivity index (χ2v) is 4.80. The Hall–Kier alpha value is -0.690. The highest BCUT2D eigenvalue weighted by Crippen LogP contribution is 2.24. The van der Waals surface area contributed by atoms with Gasteiger partial charge in [-0.3, -0.25) is 4.79 Å². The van der Waals surface area contributed by atoms with Crippen LogP contribution in [0.1, 0.15) is 12.5 Å². The lowest BCUT2D eigenvalue weighted by Gasteiger charge is -1.97. The van der Waals surface area contributed by atoms with E-state index in [0.29, 0.717) is 11.3 Å².